The first-order valence-electron chi connectivity index (χ1n) is 6.15. The number of pyridine rings is 2. The molecule has 0 radical (unpaired) electrons. The molecule has 1 aromatic carbocycles. The van der Waals surface area contributed by atoms with Crippen LogP contribution in [0.1, 0.15) is 5.56 Å². The van der Waals surface area contributed by atoms with E-state index in [9.17, 15) is 0 Å². The Morgan fingerprint density at radius 1 is 1.11 bits per heavy atom. The standard InChI is InChI=1S/C16H14N2S/c1-19-11-12-3-2-4-14(9-12)16-15-10-17-7-5-13(15)6-8-18-16/h2-10H,11H2,1H3. The van der Waals surface area contributed by atoms with E-state index in [4.69, 9.17) is 0 Å². The highest BCUT2D eigenvalue weighted by Crippen LogP contribution is 2.26. The average molecular weight is 266 g/mol. The summed E-state index contributed by atoms with van der Waals surface area (Å²) in [5, 5.41) is 2.28. The Labute approximate surface area is 116 Å². The molecule has 0 amide bonds. The van der Waals surface area contributed by atoms with Crippen LogP contribution in [-0.2, 0) is 5.75 Å². The van der Waals surface area contributed by atoms with Crippen molar-refractivity contribution in [1.82, 2.24) is 9.97 Å². The third-order valence-electron chi connectivity index (χ3n) is 3.08. The van der Waals surface area contributed by atoms with Crippen molar-refractivity contribution >= 4 is 22.5 Å². The molecule has 0 fully saturated rings. The molecule has 0 aliphatic rings. The molecule has 0 bridgehead atoms. The fourth-order valence-electron chi connectivity index (χ4n) is 2.22. The van der Waals surface area contributed by atoms with E-state index < -0.39 is 0 Å². The van der Waals surface area contributed by atoms with Crippen LogP contribution in [-0.4, -0.2) is 16.2 Å². The first-order valence-corrected chi connectivity index (χ1v) is 7.55. The van der Waals surface area contributed by atoms with Gasteiger partial charge >= 0.3 is 0 Å². The van der Waals surface area contributed by atoms with Crippen LogP contribution in [0.15, 0.2) is 55.0 Å². The number of fused-ring (bicyclic) bond motifs is 1. The molecular weight excluding hydrogens is 252 g/mol. The first kappa shape index (κ1) is 12.2. The van der Waals surface area contributed by atoms with Gasteiger partial charge in [-0.25, -0.2) is 0 Å². The second kappa shape index (κ2) is 5.41. The number of rotatable bonds is 3. The van der Waals surface area contributed by atoms with Crippen LogP contribution in [0.3, 0.4) is 0 Å². The van der Waals surface area contributed by atoms with Gasteiger partial charge in [0.05, 0.1) is 5.69 Å². The summed E-state index contributed by atoms with van der Waals surface area (Å²) >= 11 is 1.83. The molecule has 0 spiro atoms. The van der Waals surface area contributed by atoms with E-state index in [1.54, 1.807) is 0 Å². The van der Waals surface area contributed by atoms with Gasteiger partial charge in [0.1, 0.15) is 0 Å². The lowest BCUT2D eigenvalue weighted by Crippen LogP contribution is -1.88. The average Bonchev–Trinajstić information content (AvgIpc) is 2.47. The van der Waals surface area contributed by atoms with E-state index in [0.717, 1.165) is 22.4 Å². The maximum absolute atomic E-state index is 4.53. The zero-order chi connectivity index (χ0) is 13.1. The van der Waals surface area contributed by atoms with Gasteiger partial charge in [0.25, 0.3) is 0 Å². The molecule has 0 saturated heterocycles. The largest absolute Gasteiger partial charge is 0.264 e. The van der Waals surface area contributed by atoms with Gasteiger partial charge in [0.15, 0.2) is 0 Å². The summed E-state index contributed by atoms with van der Waals surface area (Å²) in [6, 6.07) is 12.6. The van der Waals surface area contributed by atoms with Gasteiger partial charge in [-0.05, 0) is 35.4 Å². The fourth-order valence-corrected chi connectivity index (χ4v) is 2.73. The maximum Gasteiger partial charge on any atom is 0.0795 e. The summed E-state index contributed by atoms with van der Waals surface area (Å²) in [4.78, 5) is 8.75. The van der Waals surface area contributed by atoms with Gasteiger partial charge in [-0.3, -0.25) is 9.97 Å². The lowest BCUT2D eigenvalue weighted by Gasteiger charge is -2.07. The highest BCUT2D eigenvalue weighted by molar-refractivity contribution is 7.97. The second-order valence-electron chi connectivity index (χ2n) is 4.39. The quantitative estimate of drug-likeness (QED) is 0.712. The van der Waals surface area contributed by atoms with E-state index in [2.05, 4.69) is 40.5 Å². The predicted octanol–water partition coefficient (Wildman–Crippen LogP) is 4.16. The van der Waals surface area contributed by atoms with Gasteiger partial charge in [-0.2, -0.15) is 11.8 Å². The van der Waals surface area contributed by atoms with Gasteiger partial charge < -0.3 is 0 Å². The Bertz CT molecular complexity index is 704. The third-order valence-corrected chi connectivity index (χ3v) is 3.70. The van der Waals surface area contributed by atoms with Crippen LogP contribution in [0.4, 0.5) is 0 Å². The lowest BCUT2D eigenvalue weighted by atomic mass is 10.0. The summed E-state index contributed by atoms with van der Waals surface area (Å²) in [5.74, 6) is 1.02. The van der Waals surface area contributed by atoms with Gasteiger partial charge in [0.2, 0.25) is 0 Å². The minimum Gasteiger partial charge on any atom is -0.264 e. The summed E-state index contributed by atoms with van der Waals surface area (Å²) in [7, 11) is 0. The van der Waals surface area contributed by atoms with Gasteiger partial charge in [-0.1, -0.05) is 18.2 Å². The van der Waals surface area contributed by atoms with E-state index in [1.807, 2.05) is 42.5 Å². The minimum absolute atomic E-state index is 1.01. The Hall–Kier alpha value is -1.87. The van der Waals surface area contributed by atoms with Gasteiger partial charge in [0, 0.05) is 35.3 Å². The second-order valence-corrected chi connectivity index (χ2v) is 5.26. The monoisotopic (exact) mass is 266 g/mol. The summed E-state index contributed by atoms with van der Waals surface area (Å²) in [6.07, 6.45) is 7.68. The van der Waals surface area contributed by atoms with E-state index in [1.165, 1.54) is 10.9 Å². The molecule has 0 aliphatic carbocycles. The molecule has 3 rings (SSSR count). The molecule has 2 heterocycles. The van der Waals surface area contributed by atoms with E-state index in [0.29, 0.717) is 0 Å². The molecule has 0 saturated carbocycles. The van der Waals surface area contributed by atoms with Crippen LogP contribution < -0.4 is 0 Å². The zero-order valence-corrected chi connectivity index (χ0v) is 11.5. The zero-order valence-electron chi connectivity index (χ0n) is 10.7. The lowest BCUT2D eigenvalue weighted by molar-refractivity contribution is 1.31. The van der Waals surface area contributed by atoms with E-state index >= 15 is 0 Å². The topological polar surface area (TPSA) is 25.8 Å². The number of hydrogen-bond donors (Lipinski definition) is 0. The molecule has 0 aliphatic heterocycles. The normalized spacial score (nSPS) is 10.8. The van der Waals surface area contributed by atoms with Crippen LogP contribution in [0, 0.1) is 0 Å². The van der Waals surface area contributed by atoms with Crippen LogP contribution in [0.25, 0.3) is 22.0 Å². The van der Waals surface area contributed by atoms with Gasteiger partial charge in [-0.15, -0.1) is 0 Å². The predicted molar refractivity (Wildman–Crippen MR) is 82.2 cm³/mol. The van der Waals surface area contributed by atoms with Crippen molar-refractivity contribution in [2.24, 2.45) is 0 Å². The summed E-state index contributed by atoms with van der Waals surface area (Å²) < 4.78 is 0. The molecule has 3 heteroatoms. The molecule has 19 heavy (non-hydrogen) atoms. The molecule has 2 aromatic heterocycles. The fraction of sp³-hybridized carbons (Fsp3) is 0.125. The number of thioether (sulfide) groups is 1. The Morgan fingerprint density at radius 2 is 2.00 bits per heavy atom. The van der Waals surface area contributed by atoms with Crippen LogP contribution >= 0.6 is 11.8 Å². The molecule has 0 atom stereocenters. The Balaban J connectivity index is 2.16. The van der Waals surface area contributed by atoms with Crippen molar-refractivity contribution in [3.8, 4) is 11.3 Å². The Kier molecular flexibility index (Phi) is 3.47. The number of hydrogen-bond acceptors (Lipinski definition) is 3. The molecule has 2 nitrogen and oxygen atoms in total. The molecule has 94 valence electrons. The smallest absolute Gasteiger partial charge is 0.0795 e. The molecular formula is C16H14N2S. The molecule has 0 N–H and O–H groups in total. The highest BCUT2D eigenvalue weighted by atomic mass is 32.2. The van der Waals surface area contributed by atoms with Crippen molar-refractivity contribution in [3.05, 3.63) is 60.6 Å². The number of nitrogens with zero attached hydrogens (tertiary/aromatic N) is 2. The number of aromatic nitrogens is 2. The molecule has 0 unspecified atom stereocenters. The van der Waals surface area contributed by atoms with E-state index in [-0.39, 0.29) is 0 Å². The third kappa shape index (κ3) is 2.47. The highest BCUT2D eigenvalue weighted by Gasteiger charge is 2.05. The summed E-state index contributed by atoms with van der Waals surface area (Å²) in [5.41, 5.74) is 3.49. The Morgan fingerprint density at radius 3 is 2.89 bits per heavy atom. The van der Waals surface area contributed by atoms with Crippen molar-refractivity contribution in [2.75, 3.05) is 6.26 Å². The minimum atomic E-state index is 1.01. The van der Waals surface area contributed by atoms with Crippen molar-refractivity contribution in [1.29, 1.82) is 0 Å². The number of benzene rings is 1. The maximum atomic E-state index is 4.53. The summed E-state index contributed by atoms with van der Waals surface area (Å²) in [6.45, 7) is 0. The molecule has 3 aromatic rings. The SMILES string of the molecule is CSCc1cccc(-c2nccc3ccncc23)c1. The first-order chi connectivity index (χ1) is 9.38. The van der Waals surface area contributed by atoms with Crippen LogP contribution in [0.5, 0.6) is 0 Å². The van der Waals surface area contributed by atoms with Crippen molar-refractivity contribution in [3.63, 3.8) is 0 Å². The van der Waals surface area contributed by atoms with Crippen LogP contribution in [0.2, 0.25) is 0 Å². The van der Waals surface area contributed by atoms with Crippen molar-refractivity contribution in [2.45, 2.75) is 5.75 Å². The van der Waals surface area contributed by atoms with Crippen molar-refractivity contribution < 1.29 is 0 Å².